The zero-order valence-electron chi connectivity index (χ0n) is 51.3. The minimum absolute atomic E-state index is 0.196. The van der Waals surface area contributed by atoms with Crippen LogP contribution in [0.4, 0.5) is 11.4 Å². The number of nitrogens with zero attached hydrogens (tertiary/aromatic N) is 3. The van der Waals surface area contributed by atoms with Crippen LogP contribution in [0.5, 0.6) is 5.75 Å². The molecule has 2 amide bonds. The first kappa shape index (κ1) is 58.3. The normalized spacial score (nSPS) is 11.3. The standard InChI is InChI=1S/C27H22N2O2.C26H20N2O2.C26H19NO3/c1-15(2)26(30)28-19-9-7-18(8-10-19)27-29-24-20-11-5-16(3)13-22(20)23-14-17(4)6-12-21(23)25(24)31-27;1-4-23(29)27-18-9-7-17(8-10-18)26-28-24-19-11-5-15(2)13-21(19)22-14-16(3)6-12-20(22)25(24)30-26;1-4-23(28)29-18-9-7-17(8-10-18)26-27-24-19-11-5-15(2)13-21(19)22-14-16(3)6-12-20(22)25(24)30-26/h5-14H,1H2,2-4H3,(H,28,30);4-14H,1H2,2-3H3,(H,27,29);4-14H,1H2,2-3H3. The molecule has 15 rings (SSSR count). The Labute approximate surface area is 523 Å². The van der Waals surface area contributed by atoms with Gasteiger partial charge in [0.15, 0.2) is 16.7 Å². The summed E-state index contributed by atoms with van der Waals surface area (Å²) in [6.45, 7) is 24.8. The maximum absolute atomic E-state index is 11.8. The first-order valence-electron chi connectivity index (χ1n) is 29.7. The highest BCUT2D eigenvalue weighted by molar-refractivity contribution is 6.25. The molecule has 2 N–H and O–H groups in total. The number of anilines is 2. The van der Waals surface area contributed by atoms with Crippen molar-refractivity contribution in [1.82, 2.24) is 15.0 Å². The summed E-state index contributed by atoms with van der Waals surface area (Å²) in [5.41, 5.74) is 16.6. The number of fused-ring (bicyclic) bond motifs is 18. The molecule has 0 aliphatic heterocycles. The average molecular weight is 1190 g/mol. The molecule has 91 heavy (non-hydrogen) atoms. The van der Waals surface area contributed by atoms with E-state index in [1.165, 1.54) is 66.4 Å². The maximum Gasteiger partial charge on any atom is 0.335 e. The van der Waals surface area contributed by atoms with Crippen LogP contribution >= 0.6 is 0 Å². The van der Waals surface area contributed by atoms with E-state index >= 15 is 0 Å². The first-order chi connectivity index (χ1) is 44.0. The summed E-state index contributed by atoms with van der Waals surface area (Å²) in [6.07, 6.45) is 2.38. The van der Waals surface area contributed by atoms with E-state index in [0.717, 1.165) is 93.8 Å². The zero-order chi connectivity index (χ0) is 63.4. The molecule has 12 heteroatoms. The number of oxazole rings is 3. The van der Waals surface area contributed by atoms with Crippen LogP contribution in [0.15, 0.2) is 233 Å². The van der Waals surface area contributed by atoms with Gasteiger partial charge < -0.3 is 28.6 Å². The highest BCUT2D eigenvalue weighted by Gasteiger charge is 2.21. The summed E-state index contributed by atoms with van der Waals surface area (Å²) in [5, 5.41) is 19.0. The van der Waals surface area contributed by atoms with Crippen LogP contribution in [0.25, 0.3) is 132 Å². The number of nitrogens with one attached hydrogen (secondary N) is 2. The average Bonchev–Trinajstić information content (AvgIpc) is 1.73. The van der Waals surface area contributed by atoms with Crippen LogP contribution < -0.4 is 15.4 Å². The zero-order valence-corrected chi connectivity index (χ0v) is 51.3. The fourth-order valence-electron chi connectivity index (χ4n) is 11.6. The van der Waals surface area contributed by atoms with E-state index in [0.29, 0.717) is 40.4 Å². The predicted molar refractivity (Wildman–Crippen MR) is 370 cm³/mol. The van der Waals surface area contributed by atoms with Crippen molar-refractivity contribution in [2.45, 2.75) is 48.5 Å². The van der Waals surface area contributed by atoms with Crippen LogP contribution in [0.1, 0.15) is 40.3 Å². The second kappa shape index (κ2) is 23.7. The summed E-state index contributed by atoms with van der Waals surface area (Å²) in [6, 6.07) is 60.5. The highest BCUT2D eigenvalue weighted by Crippen LogP contribution is 2.42. The molecular weight excluding hydrogens is 1130 g/mol. The van der Waals surface area contributed by atoms with Crippen molar-refractivity contribution < 1.29 is 32.4 Å². The van der Waals surface area contributed by atoms with Gasteiger partial charge in [-0.15, -0.1) is 0 Å². The van der Waals surface area contributed by atoms with E-state index in [9.17, 15) is 14.4 Å². The molecule has 0 aliphatic rings. The molecule has 0 unspecified atom stereocenters. The van der Waals surface area contributed by atoms with Crippen LogP contribution in [0.3, 0.4) is 0 Å². The fraction of sp³-hybridized carbons (Fsp3) is 0.0886. The largest absolute Gasteiger partial charge is 0.435 e. The fourth-order valence-corrected chi connectivity index (χ4v) is 11.6. The molecule has 0 saturated heterocycles. The molecule has 12 nitrogen and oxygen atoms in total. The molecule has 0 fully saturated rings. The summed E-state index contributed by atoms with van der Waals surface area (Å²) in [4.78, 5) is 49.3. The Morgan fingerprint density at radius 3 is 0.989 bits per heavy atom. The van der Waals surface area contributed by atoms with Crippen LogP contribution in [0.2, 0.25) is 0 Å². The van der Waals surface area contributed by atoms with Crippen molar-refractivity contribution >= 4 is 127 Å². The van der Waals surface area contributed by atoms with Gasteiger partial charge in [0.25, 0.3) is 5.91 Å². The van der Waals surface area contributed by atoms with Crippen LogP contribution in [-0.4, -0.2) is 32.7 Å². The highest BCUT2D eigenvalue weighted by atomic mass is 16.5. The van der Waals surface area contributed by atoms with E-state index in [4.69, 9.17) is 32.9 Å². The van der Waals surface area contributed by atoms with Gasteiger partial charge in [-0.1, -0.05) is 162 Å². The number of hydrogen-bond donors (Lipinski definition) is 2. The number of aryl methyl sites for hydroxylation is 6. The smallest absolute Gasteiger partial charge is 0.335 e. The number of carbonyl (C=O) groups is 3. The van der Waals surface area contributed by atoms with Gasteiger partial charge >= 0.3 is 5.97 Å². The van der Waals surface area contributed by atoms with Gasteiger partial charge in [0.05, 0.1) is 0 Å². The van der Waals surface area contributed by atoms with Gasteiger partial charge in [0, 0.05) is 72.0 Å². The lowest BCUT2D eigenvalue weighted by atomic mass is 9.97. The molecule has 0 radical (unpaired) electrons. The number of carbonyl (C=O) groups excluding carboxylic acids is 3. The Bertz CT molecular complexity index is 5050. The SMILES string of the molecule is C=C(C)C(=O)Nc1ccc(-c2nc3c4ccc(C)cc4c4cc(C)ccc4c3o2)cc1.C=CC(=O)Nc1ccc(-c2nc3c4ccc(C)cc4c4cc(C)ccc4c3o2)cc1.C=CC(=O)Oc1ccc(-c2nc3c4ccc(C)cc4c4cc(C)ccc4c3o2)cc1. The van der Waals surface area contributed by atoms with Crippen LogP contribution in [0, 0.1) is 41.5 Å². The van der Waals surface area contributed by atoms with Gasteiger partial charge in [-0.05, 0) is 160 Å². The van der Waals surface area contributed by atoms with Crippen molar-refractivity contribution in [3.8, 4) is 40.1 Å². The number of ether oxygens (including phenoxy) is 1. The molecule has 15 aromatic rings. The molecule has 3 heterocycles. The minimum atomic E-state index is -0.492. The molecule has 0 saturated carbocycles. The number of benzene rings is 12. The maximum atomic E-state index is 11.8. The van der Waals surface area contributed by atoms with Gasteiger partial charge in [0.2, 0.25) is 23.6 Å². The lowest BCUT2D eigenvalue weighted by Crippen LogP contribution is -2.11. The van der Waals surface area contributed by atoms with E-state index in [2.05, 4.69) is 181 Å². The number of esters is 1. The lowest BCUT2D eigenvalue weighted by molar-refractivity contribution is -0.129. The Hall–Kier alpha value is -11.8. The Morgan fingerprint density at radius 1 is 0.385 bits per heavy atom. The van der Waals surface area contributed by atoms with Crippen LogP contribution in [-0.2, 0) is 14.4 Å². The molecule has 0 spiro atoms. The molecule has 12 aromatic carbocycles. The monoisotopic (exact) mass is 1190 g/mol. The van der Waals surface area contributed by atoms with Gasteiger partial charge in [0.1, 0.15) is 22.3 Å². The topological polar surface area (TPSA) is 163 Å². The Kier molecular flexibility index (Phi) is 15.2. The molecule has 0 aliphatic carbocycles. The van der Waals surface area contributed by atoms with Crippen molar-refractivity contribution in [3.63, 3.8) is 0 Å². The summed E-state index contributed by atoms with van der Waals surface area (Å²) >= 11 is 0. The number of hydrogen-bond acceptors (Lipinski definition) is 10. The van der Waals surface area contributed by atoms with Crippen molar-refractivity contribution in [3.05, 3.63) is 253 Å². The first-order valence-corrected chi connectivity index (χ1v) is 29.7. The molecule has 444 valence electrons. The van der Waals surface area contributed by atoms with Gasteiger partial charge in [-0.2, -0.15) is 0 Å². The van der Waals surface area contributed by atoms with Gasteiger partial charge in [-0.25, -0.2) is 19.7 Å². The lowest BCUT2D eigenvalue weighted by Gasteiger charge is -2.07. The third kappa shape index (κ3) is 11.3. The number of amides is 2. The van der Waals surface area contributed by atoms with Crippen molar-refractivity contribution in [1.29, 1.82) is 0 Å². The predicted octanol–water partition coefficient (Wildman–Crippen LogP) is 20.0. The third-order valence-electron chi connectivity index (χ3n) is 16.2. The molecule has 3 aromatic heterocycles. The second-order valence-corrected chi connectivity index (χ2v) is 23.1. The number of rotatable bonds is 9. The van der Waals surface area contributed by atoms with E-state index in [1.807, 2.05) is 60.7 Å². The minimum Gasteiger partial charge on any atom is -0.435 e. The van der Waals surface area contributed by atoms with E-state index in [1.54, 1.807) is 19.1 Å². The molecular formula is C79H61N5O7. The molecule has 0 atom stereocenters. The summed E-state index contributed by atoms with van der Waals surface area (Å²) < 4.78 is 24.0. The Balaban J connectivity index is 0.000000125. The quantitative estimate of drug-likeness (QED) is 0.0616. The van der Waals surface area contributed by atoms with E-state index in [-0.39, 0.29) is 11.8 Å². The van der Waals surface area contributed by atoms with Crippen molar-refractivity contribution in [2.75, 3.05) is 10.6 Å². The molecule has 0 bridgehead atoms. The van der Waals surface area contributed by atoms with E-state index < -0.39 is 5.97 Å². The van der Waals surface area contributed by atoms with Gasteiger partial charge in [-0.3, -0.25) is 9.59 Å². The second-order valence-electron chi connectivity index (χ2n) is 23.1. The Morgan fingerprint density at radius 2 is 0.681 bits per heavy atom. The summed E-state index contributed by atoms with van der Waals surface area (Å²) in [7, 11) is 0. The summed E-state index contributed by atoms with van der Waals surface area (Å²) in [5.74, 6) is 1.16. The third-order valence-corrected chi connectivity index (χ3v) is 16.2. The number of aromatic nitrogens is 3. The van der Waals surface area contributed by atoms with Crippen molar-refractivity contribution in [2.24, 2.45) is 0 Å².